The third kappa shape index (κ3) is 1.52. The van der Waals surface area contributed by atoms with Crippen molar-refractivity contribution < 1.29 is 13.9 Å². The van der Waals surface area contributed by atoms with Crippen LogP contribution in [0.3, 0.4) is 0 Å². The molecule has 0 aromatic heterocycles. The molecule has 0 spiro atoms. The normalized spacial score (nSPS) is 27.4. The third-order valence-electron chi connectivity index (χ3n) is 2.83. The van der Waals surface area contributed by atoms with E-state index in [4.69, 9.17) is 0 Å². The fraction of sp³-hybridized carbons (Fsp3) is 0.455. The fourth-order valence-electron chi connectivity index (χ4n) is 1.94. The number of hydrogen-bond donors (Lipinski definition) is 1. The molecule has 14 heavy (non-hydrogen) atoms. The summed E-state index contributed by atoms with van der Waals surface area (Å²) in [4.78, 5) is 0. The first-order valence-corrected chi connectivity index (χ1v) is 4.73. The quantitative estimate of drug-likeness (QED) is 0.773. The van der Waals surface area contributed by atoms with Gasteiger partial charge in [0.2, 0.25) is 0 Å². The predicted octanol–water partition coefficient (Wildman–Crippen LogP) is 2.45. The number of aliphatic hydroxyl groups excluding tert-OH is 1. The summed E-state index contributed by atoms with van der Waals surface area (Å²) >= 11 is 0. The molecule has 1 aliphatic carbocycles. The number of rotatable bonds is 2. The molecule has 76 valence electrons. The van der Waals surface area contributed by atoms with Gasteiger partial charge in [-0.1, -0.05) is 6.07 Å². The lowest BCUT2D eigenvalue weighted by atomic mass is 10.1. The molecule has 1 nitrogen and oxygen atoms in total. The van der Waals surface area contributed by atoms with E-state index in [1.54, 1.807) is 6.92 Å². The molecule has 3 heteroatoms. The van der Waals surface area contributed by atoms with Crippen molar-refractivity contribution in [2.45, 2.75) is 25.4 Å². The van der Waals surface area contributed by atoms with Crippen molar-refractivity contribution in [2.24, 2.45) is 5.92 Å². The van der Waals surface area contributed by atoms with E-state index in [1.807, 2.05) is 0 Å². The molecule has 0 saturated heterocycles. The maximum atomic E-state index is 13.3. The van der Waals surface area contributed by atoms with E-state index in [-0.39, 0.29) is 17.4 Å². The molecule has 0 unspecified atom stereocenters. The van der Waals surface area contributed by atoms with Crippen LogP contribution in [0.15, 0.2) is 18.2 Å². The van der Waals surface area contributed by atoms with Crippen LogP contribution in [0.5, 0.6) is 0 Å². The van der Waals surface area contributed by atoms with Crippen molar-refractivity contribution >= 4 is 0 Å². The van der Waals surface area contributed by atoms with Gasteiger partial charge in [0.25, 0.3) is 0 Å². The van der Waals surface area contributed by atoms with Crippen LogP contribution in [0.1, 0.15) is 24.8 Å². The van der Waals surface area contributed by atoms with Crippen molar-refractivity contribution in [3.8, 4) is 0 Å². The Labute approximate surface area is 81.4 Å². The lowest BCUT2D eigenvalue weighted by molar-refractivity contribution is 0.168. The molecule has 1 fully saturated rings. The molecule has 0 radical (unpaired) electrons. The average molecular weight is 198 g/mol. The lowest BCUT2D eigenvalue weighted by Gasteiger charge is -2.05. The van der Waals surface area contributed by atoms with Gasteiger partial charge in [0.05, 0.1) is 6.10 Å². The predicted molar refractivity (Wildman–Crippen MR) is 48.9 cm³/mol. The summed E-state index contributed by atoms with van der Waals surface area (Å²) in [6.45, 7) is 1.66. The molecule has 3 atom stereocenters. The molecule has 1 aliphatic rings. The minimum Gasteiger partial charge on any atom is -0.393 e. The number of benzene rings is 1. The number of aliphatic hydroxyl groups is 1. The SMILES string of the molecule is C[C@H](O)[C@H]1C[C@@H]1c1c(F)cccc1F. The molecule has 2 rings (SSSR count). The first-order chi connectivity index (χ1) is 6.61. The second-order valence-corrected chi connectivity index (χ2v) is 3.88. The summed E-state index contributed by atoms with van der Waals surface area (Å²) in [6.07, 6.45) is 0.189. The van der Waals surface area contributed by atoms with E-state index >= 15 is 0 Å². The Hall–Kier alpha value is -0.960. The monoisotopic (exact) mass is 198 g/mol. The molecular weight excluding hydrogens is 186 g/mol. The highest BCUT2D eigenvalue weighted by molar-refractivity contribution is 5.29. The van der Waals surface area contributed by atoms with Gasteiger partial charge in [-0.15, -0.1) is 0 Å². The van der Waals surface area contributed by atoms with Crippen molar-refractivity contribution in [3.05, 3.63) is 35.4 Å². The van der Waals surface area contributed by atoms with Gasteiger partial charge in [-0.25, -0.2) is 8.78 Å². The van der Waals surface area contributed by atoms with Gasteiger partial charge in [0.15, 0.2) is 0 Å². The summed E-state index contributed by atoms with van der Waals surface area (Å²) < 4.78 is 26.5. The first-order valence-electron chi connectivity index (χ1n) is 4.73. The van der Waals surface area contributed by atoms with Crippen molar-refractivity contribution in [1.29, 1.82) is 0 Å². The Kier molecular flexibility index (Phi) is 2.27. The number of hydrogen-bond acceptors (Lipinski definition) is 1. The highest BCUT2D eigenvalue weighted by Gasteiger charge is 2.44. The van der Waals surface area contributed by atoms with E-state index in [2.05, 4.69) is 0 Å². The molecule has 0 aliphatic heterocycles. The Balaban J connectivity index is 2.26. The summed E-state index contributed by atoms with van der Waals surface area (Å²) in [5.41, 5.74) is 0.137. The largest absolute Gasteiger partial charge is 0.393 e. The summed E-state index contributed by atoms with van der Waals surface area (Å²) in [6, 6.07) is 3.87. The van der Waals surface area contributed by atoms with Crippen LogP contribution in [0, 0.1) is 17.6 Å². The van der Waals surface area contributed by atoms with Crippen LogP contribution in [0.4, 0.5) is 8.78 Å². The average Bonchev–Trinajstić information content (AvgIpc) is 2.83. The maximum absolute atomic E-state index is 13.3. The molecule has 0 amide bonds. The van der Waals surface area contributed by atoms with Gasteiger partial charge in [-0.2, -0.15) is 0 Å². The minimum absolute atomic E-state index is 0.0152. The van der Waals surface area contributed by atoms with Gasteiger partial charge in [-0.05, 0) is 37.3 Å². The van der Waals surface area contributed by atoms with Gasteiger partial charge in [-0.3, -0.25) is 0 Å². The standard InChI is InChI=1S/C11H12F2O/c1-6(14)7-5-8(7)11-9(12)3-2-4-10(11)13/h2-4,6-8,14H,5H2,1H3/t6-,7+,8-/m0/s1. The zero-order valence-corrected chi connectivity index (χ0v) is 7.87. The molecule has 1 aromatic rings. The molecule has 1 saturated carbocycles. The van der Waals surface area contributed by atoms with Crippen LogP contribution >= 0.6 is 0 Å². The van der Waals surface area contributed by atoms with Crippen LogP contribution in [-0.2, 0) is 0 Å². The molecule has 0 bridgehead atoms. The Bertz CT molecular complexity index is 329. The second-order valence-electron chi connectivity index (χ2n) is 3.88. The zero-order chi connectivity index (χ0) is 10.3. The van der Waals surface area contributed by atoms with Gasteiger partial charge in [0.1, 0.15) is 11.6 Å². The Morgan fingerprint density at radius 3 is 2.36 bits per heavy atom. The fourth-order valence-corrected chi connectivity index (χ4v) is 1.94. The van der Waals surface area contributed by atoms with Crippen molar-refractivity contribution in [1.82, 2.24) is 0 Å². The van der Waals surface area contributed by atoms with Crippen LogP contribution in [0.25, 0.3) is 0 Å². The lowest BCUT2D eigenvalue weighted by Crippen LogP contribution is -2.05. The highest BCUT2D eigenvalue weighted by atomic mass is 19.1. The molecular formula is C11H12F2O. The van der Waals surface area contributed by atoms with E-state index in [0.29, 0.717) is 6.42 Å². The van der Waals surface area contributed by atoms with Gasteiger partial charge < -0.3 is 5.11 Å². The Morgan fingerprint density at radius 1 is 1.36 bits per heavy atom. The maximum Gasteiger partial charge on any atom is 0.129 e. The van der Waals surface area contributed by atoms with Crippen molar-refractivity contribution in [2.75, 3.05) is 0 Å². The molecule has 1 N–H and O–H groups in total. The van der Waals surface area contributed by atoms with E-state index in [9.17, 15) is 13.9 Å². The van der Waals surface area contributed by atoms with E-state index in [0.717, 1.165) is 0 Å². The van der Waals surface area contributed by atoms with Crippen LogP contribution in [-0.4, -0.2) is 11.2 Å². The minimum atomic E-state index is -0.502. The Morgan fingerprint density at radius 2 is 1.93 bits per heavy atom. The number of halogens is 2. The topological polar surface area (TPSA) is 20.2 Å². The smallest absolute Gasteiger partial charge is 0.129 e. The van der Waals surface area contributed by atoms with E-state index in [1.165, 1.54) is 18.2 Å². The molecule has 1 aromatic carbocycles. The van der Waals surface area contributed by atoms with Gasteiger partial charge in [0, 0.05) is 5.56 Å². The second kappa shape index (κ2) is 3.31. The van der Waals surface area contributed by atoms with Gasteiger partial charge >= 0.3 is 0 Å². The van der Waals surface area contributed by atoms with E-state index < -0.39 is 17.7 Å². The third-order valence-corrected chi connectivity index (χ3v) is 2.83. The zero-order valence-electron chi connectivity index (χ0n) is 7.87. The summed E-state index contributed by atoms with van der Waals surface area (Å²) in [7, 11) is 0. The van der Waals surface area contributed by atoms with Crippen LogP contribution in [0.2, 0.25) is 0 Å². The highest BCUT2D eigenvalue weighted by Crippen LogP contribution is 2.50. The summed E-state index contributed by atoms with van der Waals surface area (Å²) in [5, 5.41) is 9.26. The summed E-state index contributed by atoms with van der Waals surface area (Å²) in [5.74, 6) is -1.13. The van der Waals surface area contributed by atoms with Crippen molar-refractivity contribution in [3.63, 3.8) is 0 Å². The first kappa shape index (κ1) is 9.59. The molecule has 0 heterocycles. The van der Waals surface area contributed by atoms with Crippen LogP contribution < -0.4 is 0 Å².